The molecule has 2 atom stereocenters. The molecule has 20 heavy (non-hydrogen) atoms. The third-order valence-corrected chi connectivity index (χ3v) is 6.46. The molecular formula is C14H20N4S2. The van der Waals surface area contributed by atoms with E-state index >= 15 is 0 Å². The summed E-state index contributed by atoms with van der Waals surface area (Å²) >= 11 is 3.76. The molecule has 0 spiro atoms. The summed E-state index contributed by atoms with van der Waals surface area (Å²) in [6, 6.07) is 2.70. The molecule has 0 radical (unpaired) electrons. The first-order valence-electron chi connectivity index (χ1n) is 7.04. The summed E-state index contributed by atoms with van der Waals surface area (Å²) in [6.07, 6.45) is 1.03. The fourth-order valence-corrected chi connectivity index (χ4v) is 4.67. The van der Waals surface area contributed by atoms with E-state index in [1.54, 1.807) is 11.3 Å². The molecule has 2 unspecified atom stereocenters. The molecule has 3 heterocycles. The fraction of sp³-hybridized carbons (Fsp3) is 0.571. The lowest BCUT2D eigenvalue weighted by Gasteiger charge is -2.38. The number of nitrogens with zero attached hydrogens (tertiary/aromatic N) is 3. The molecule has 0 saturated carbocycles. The van der Waals surface area contributed by atoms with Crippen molar-refractivity contribution in [3.8, 4) is 0 Å². The number of hydrogen-bond donors (Lipinski definition) is 1. The molecule has 2 aromatic rings. The number of anilines is 2. The molecule has 1 saturated heterocycles. The molecule has 2 N–H and O–H groups in total. The Morgan fingerprint density at radius 1 is 1.40 bits per heavy atom. The number of aryl methyl sites for hydroxylation is 1. The molecule has 0 aromatic carbocycles. The fourth-order valence-electron chi connectivity index (χ4n) is 2.60. The van der Waals surface area contributed by atoms with Crippen molar-refractivity contribution in [3.63, 3.8) is 0 Å². The van der Waals surface area contributed by atoms with Gasteiger partial charge in [-0.1, -0.05) is 13.8 Å². The third-order valence-electron chi connectivity index (χ3n) is 3.95. The Hall–Kier alpha value is -1.01. The summed E-state index contributed by atoms with van der Waals surface area (Å²) in [5.74, 6) is 2.54. The Bertz CT molecular complexity index is 625. The van der Waals surface area contributed by atoms with Crippen molar-refractivity contribution in [2.45, 2.75) is 38.5 Å². The first kappa shape index (κ1) is 13.9. The van der Waals surface area contributed by atoms with Crippen molar-refractivity contribution >= 4 is 45.1 Å². The normalized spacial score (nSPS) is 23.4. The van der Waals surface area contributed by atoms with E-state index in [9.17, 15) is 0 Å². The summed E-state index contributed by atoms with van der Waals surface area (Å²) in [4.78, 5) is 13.7. The first-order valence-corrected chi connectivity index (χ1v) is 8.91. The second-order valence-corrected chi connectivity index (χ2v) is 7.80. The van der Waals surface area contributed by atoms with E-state index < -0.39 is 0 Å². The quantitative estimate of drug-likeness (QED) is 0.923. The largest absolute Gasteiger partial charge is 0.368 e. The standard InChI is InChI=1S/C14H20N4S2/c1-4-10-7-11-12(16-14(15)17-13(11)20-10)18-5-6-19-9(3)8(18)2/h7-9H,4-6H2,1-3H3,(H2,15,16,17). The minimum atomic E-state index is 0.384. The second kappa shape index (κ2) is 5.41. The molecule has 1 aliphatic rings. The topological polar surface area (TPSA) is 55.0 Å². The van der Waals surface area contributed by atoms with Gasteiger partial charge in [0.25, 0.3) is 0 Å². The molecular weight excluding hydrogens is 288 g/mol. The Balaban J connectivity index is 2.11. The van der Waals surface area contributed by atoms with Gasteiger partial charge in [-0.25, -0.2) is 4.98 Å². The minimum absolute atomic E-state index is 0.384. The zero-order valence-corrected chi connectivity index (χ0v) is 13.7. The van der Waals surface area contributed by atoms with Crippen molar-refractivity contribution < 1.29 is 0 Å². The third kappa shape index (κ3) is 2.35. The Morgan fingerprint density at radius 2 is 2.20 bits per heavy atom. The van der Waals surface area contributed by atoms with Gasteiger partial charge in [0.1, 0.15) is 10.6 Å². The predicted octanol–water partition coefficient (Wildman–Crippen LogP) is 3.17. The Morgan fingerprint density at radius 3 is 2.95 bits per heavy atom. The van der Waals surface area contributed by atoms with E-state index in [4.69, 9.17) is 5.73 Å². The van der Waals surface area contributed by atoms with Crippen molar-refractivity contribution in [1.29, 1.82) is 0 Å². The molecule has 1 aliphatic heterocycles. The highest BCUT2D eigenvalue weighted by Crippen LogP contribution is 2.35. The average Bonchev–Trinajstić information content (AvgIpc) is 2.84. The summed E-state index contributed by atoms with van der Waals surface area (Å²) in [7, 11) is 0. The van der Waals surface area contributed by atoms with Gasteiger partial charge in [0.2, 0.25) is 5.95 Å². The zero-order chi connectivity index (χ0) is 14.3. The molecule has 4 nitrogen and oxygen atoms in total. The van der Waals surface area contributed by atoms with Crippen LogP contribution in [0, 0.1) is 0 Å². The number of fused-ring (bicyclic) bond motifs is 1. The van der Waals surface area contributed by atoms with Crippen LogP contribution in [0.4, 0.5) is 11.8 Å². The van der Waals surface area contributed by atoms with Crippen LogP contribution in [0.15, 0.2) is 6.07 Å². The number of rotatable bonds is 2. The highest BCUT2D eigenvalue weighted by molar-refractivity contribution is 8.00. The highest BCUT2D eigenvalue weighted by atomic mass is 32.2. The van der Waals surface area contributed by atoms with Crippen LogP contribution in [0.25, 0.3) is 10.2 Å². The monoisotopic (exact) mass is 308 g/mol. The summed E-state index contributed by atoms with van der Waals surface area (Å²) in [5, 5.41) is 1.77. The van der Waals surface area contributed by atoms with Crippen LogP contribution in [0.3, 0.4) is 0 Å². The first-order chi connectivity index (χ1) is 9.60. The smallest absolute Gasteiger partial charge is 0.223 e. The van der Waals surface area contributed by atoms with Crippen LogP contribution in [0.2, 0.25) is 0 Å². The maximum atomic E-state index is 5.91. The van der Waals surface area contributed by atoms with E-state index in [-0.39, 0.29) is 0 Å². The SMILES string of the molecule is CCc1cc2c(N3CCSC(C)C3C)nc(N)nc2s1. The number of aromatic nitrogens is 2. The van der Waals surface area contributed by atoms with E-state index in [1.165, 1.54) is 4.88 Å². The molecule has 6 heteroatoms. The second-order valence-electron chi connectivity index (χ2n) is 5.20. The van der Waals surface area contributed by atoms with E-state index in [0.29, 0.717) is 17.2 Å². The molecule has 0 aliphatic carbocycles. The number of nitrogens with two attached hydrogens (primary N) is 1. The van der Waals surface area contributed by atoms with Gasteiger partial charge in [-0.2, -0.15) is 16.7 Å². The van der Waals surface area contributed by atoms with Gasteiger partial charge < -0.3 is 10.6 Å². The number of thiophene rings is 1. The van der Waals surface area contributed by atoms with Gasteiger partial charge >= 0.3 is 0 Å². The summed E-state index contributed by atoms with van der Waals surface area (Å²) in [5.41, 5.74) is 5.91. The van der Waals surface area contributed by atoms with Crippen LogP contribution in [0.5, 0.6) is 0 Å². The number of nitrogen functional groups attached to an aromatic ring is 1. The van der Waals surface area contributed by atoms with Crippen molar-refractivity contribution in [1.82, 2.24) is 9.97 Å². The van der Waals surface area contributed by atoms with Crippen LogP contribution in [-0.4, -0.2) is 33.6 Å². The Kier molecular flexibility index (Phi) is 3.77. The molecule has 108 valence electrons. The van der Waals surface area contributed by atoms with Crippen LogP contribution in [-0.2, 0) is 6.42 Å². The van der Waals surface area contributed by atoms with E-state index in [2.05, 4.69) is 41.7 Å². The van der Waals surface area contributed by atoms with Gasteiger partial charge in [0.15, 0.2) is 0 Å². The van der Waals surface area contributed by atoms with Crippen molar-refractivity contribution in [3.05, 3.63) is 10.9 Å². The average molecular weight is 308 g/mol. The molecule has 0 bridgehead atoms. The lowest BCUT2D eigenvalue weighted by Crippen LogP contribution is -2.45. The predicted molar refractivity (Wildman–Crippen MR) is 89.9 cm³/mol. The Labute approximate surface area is 127 Å². The zero-order valence-electron chi connectivity index (χ0n) is 12.1. The number of hydrogen-bond acceptors (Lipinski definition) is 6. The van der Waals surface area contributed by atoms with Crippen molar-refractivity contribution in [2.75, 3.05) is 22.9 Å². The maximum absolute atomic E-state index is 5.91. The number of thioether (sulfide) groups is 1. The highest BCUT2D eigenvalue weighted by Gasteiger charge is 2.28. The molecule has 1 fully saturated rings. The van der Waals surface area contributed by atoms with Gasteiger partial charge in [-0.05, 0) is 19.4 Å². The van der Waals surface area contributed by atoms with E-state index in [0.717, 1.165) is 34.8 Å². The van der Waals surface area contributed by atoms with Gasteiger partial charge in [-0.3, -0.25) is 0 Å². The van der Waals surface area contributed by atoms with Crippen LogP contribution < -0.4 is 10.6 Å². The molecule has 2 aromatic heterocycles. The van der Waals surface area contributed by atoms with Crippen LogP contribution >= 0.6 is 23.1 Å². The van der Waals surface area contributed by atoms with Gasteiger partial charge in [0, 0.05) is 28.5 Å². The summed E-state index contributed by atoms with van der Waals surface area (Å²) in [6.45, 7) is 7.75. The van der Waals surface area contributed by atoms with Crippen molar-refractivity contribution in [2.24, 2.45) is 0 Å². The van der Waals surface area contributed by atoms with E-state index in [1.807, 2.05) is 11.8 Å². The van der Waals surface area contributed by atoms with Crippen LogP contribution in [0.1, 0.15) is 25.6 Å². The van der Waals surface area contributed by atoms with Gasteiger partial charge in [0.05, 0.1) is 5.39 Å². The van der Waals surface area contributed by atoms with Gasteiger partial charge in [-0.15, -0.1) is 11.3 Å². The summed E-state index contributed by atoms with van der Waals surface area (Å²) < 4.78 is 0. The molecule has 0 amide bonds. The minimum Gasteiger partial charge on any atom is -0.368 e. The lowest BCUT2D eigenvalue weighted by atomic mass is 10.2. The lowest BCUT2D eigenvalue weighted by molar-refractivity contribution is 0.622. The maximum Gasteiger partial charge on any atom is 0.223 e. The molecule has 3 rings (SSSR count).